The lowest BCUT2D eigenvalue weighted by atomic mass is 9.87. The Labute approximate surface area is 117 Å². The third-order valence-corrected chi connectivity index (χ3v) is 5.05. The van der Waals surface area contributed by atoms with Crippen LogP contribution in [-0.4, -0.2) is 18.6 Å². The minimum Gasteiger partial charge on any atom is -0.365 e. The zero-order chi connectivity index (χ0) is 13.4. The van der Waals surface area contributed by atoms with Crippen LogP contribution in [-0.2, 0) is 0 Å². The van der Waals surface area contributed by atoms with Crippen molar-refractivity contribution in [3.63, 3.8) is 0 Å². The summed E-state index contributed by atoms with van der Waals surface area (Å²) in [6.45, 7) is 5.31. The first-order valence-electron chi connectivity index (χ1n) is 7.74. The molecule has 1 aromatic carbocycles. The lowest BCUT2D eigenvalue weighted by Crippen LogP contribution is -2.43. The maximum atomic E-state index is 5.75. The predicted molar refractivity (Wildman–Crippen MR) is 81.6 cm³/mol. The van der Waals surface area contributed by atoms with Crippen molar-refractivity contribution in [3.8, 4) is 0 Å². The fraction of sp³-hybridized carbons (Fsp3) is 0.647. The van der Waals surface area contributed by atoms with Gasteiger partial charge in [-0.1, -0.05) is 12.1 Å². The molecule has 104 valence electrons. The van der Waals surface area contributed by atoms with Crippen molar-refractivity contribution in [2.45, 2.75) is 58.0 Å². The molecule has 2 heteroatoms. The highest BCUT2D eigenvalue weighted by Crippen LogP contribution is 2.43. The molecular weight excluding hydrogens is 232 g/mol. The Hall–Kier alpha value is -1.02. The van der Waals surface area contributed by atoms with Gasteiger partial charge in [0.15, 0.2) is 0 Å². The number of nitrogens with zero attached hydrogens (tertiary/aromatic N) is 1. The van der Waals surface area contributed by atoms with E-state index in [1.54, 1.807) is 0 Å². The molecule has 2 unspecified atom stereocenters. The monoisotopic (exact) mass is 258 g/mol. The smallest absolute Gasteiger partial charge is 0.0403 e. The number of hydrogen-bond acceptors (Lipinski definition) is 2. The van der Waals surface area contributed by atoms with E-state index in [2.05, 4.69) is 36.9 Å². The van der Waals surface area contributed by atoms with Crippen LogP contribution in [0.1, 0.15) is 43.2 Å². The summed E-state index contributed by atoms with van der Waals surface area (Å²) in [6.07, 6.45) is 6.66. The molecule has 0 aromatic heterocycles. The van der Waals surface area contributed by atoms with E-state index in [9.17, 15) is 0 Å². The van der Waals surface area contributed by atoms with E-state index in [1.165, 1.54) is 48.9 Å². The quantitative estimate of drug-likeness (QED) is 0.900. The number of fused-ring (bicyclic) bond motifs is 2. The van der Waals surface area contributed by atoms with E-state index in [-0.39, 0.29) is 0 Å². The van der Waals surface area contributed by atoms with Crippen molar-refractivity contribution in [2.75, 3.05) is 11.4 Å². The molecule has 0 amide bonds. The Balaban J connectivity index is 1.85. The molecule has 2 N–H and O–H groups in total. The predicted octanol–water partition coefficient (Wildman–Crippen LogP) is 3.40. The van der Waals surface area contributed by atoms with E-state index in [4.69, 9.17) is 5.73 Å². The molecule has 0 radical (unpaired) electrons. The molecule has 19 heavy (non-hydrogen) atoms. The molecule has 2 aliphatic rings. The van der Waals surface area contributed by atoms with Crippen molar-refractivity contribution in [1.29, 1.82) is 0 Å². The minimum absolute atomic E-state index is 0.760. The van der Waals surface area contributed by atoms with Crippen LogP contribution in [0.25, 0.3) is 0 Å². The average molecular weight is 258 g/mol. The summed E-state index contributed by atoms with van der Waals surface area (Å²) in [5.74, 6) is 0.865. The molecular formula is C17H26N2. The molecule has 3 rings (SSSR count). The van der Waals surface area contributed by atoms with Gasteiger partial charge in [0, 0.05) is 17.8 Å². The first-order chi connectivity index (χ1) is 9.19. The molecule has 2 nitrogen and oxygen atoms in total. The summed E-state index contributed by atoms with van der Waals surface area (Å²) in [5, 5.41) is 0. The van der Waals surface area contributed by atoms with Crippen LogP contribution in [0.3, 0.4) is 0 Å². The normalized spacial score (nSPS) is 29.8. The molecule has 0 saturated carbocycles. The summed E-state index contributed by atoms with van der Waals surface area (Å²) < 4.78 is 0. The first kappa shape index (κ1) is 13.0. The SMILES string of the molecule is Cc1ccc(C)c(N2C3CCC2CC(CCN)C3)c1. The van der Waals surface area contributed by atoms with Gasteiger partial charge in [-0.15, -0.1) is 0 Å². The topological polar surface area (TPSA) is 29.3 Å². The number of piperidine rings is 1. The Bertz CT molecular complexity index is 441. The fourth-order valence-electron chi connectivity index (χ4n) is 4.15. The second-order valence-electron chi connectivity index (χ2n) is 6.50. The highest BCUT2D eigenvalue weighted by molar-refractivity contribution is 5.57. The molecule has 2 bridgehead atoms. The van der Waals surface area contributed by atoms with Crippen molar-refractivity contribution < 1.29 is 0 Å². The van der Waals surface area contributed by atoms with Crippen molar-refractivity contribution in [1.82, 2.24) is 0 Å². The molecule has 2 atom stereocenters. The average Bonchev–Trinajstić information content (AvgIpc) is 2.64. The summed E-state index contributed by atoms with van der Waals surface area (Å²) in [5.41, 5.74) is 10.0. The van der Waals surface area contributed by atoms with Crippen LogP contribution < -0.4 is 10.6 Å². The standard InChI is InChI=1S/C17H26N2/c1-12-3-4-13(2)17(9-12)19-15-5-6-16(19)11-14(10-15)7-8-18/h3-4,9,14-16H,5-8,10-11,18H2,1-2H3. The molecule has 2 heterocycles. The number of hydrogen-bond donors (Lipinski definition) is 1. The molecule has 1 aromatic rings. The van der Waals surface area contributed by atoms with E-state index < -0.39 is 0 Å². The zero-order valence-electron chi connectivity index (χ0n) is 12.2. The molecule has 0 spiro atoms. The van der Waals surface area contributed by atoms with Gasteiger partial charge in [0.1, 0.15) is 0 Å². The van der Waals surface area contributed by atoms with Gasteiger partial charge in [0.05, 0.1) is 0 Å². The van der Waals surface area contributed by atoms with Gasteiger partial charge in [-0.05, 0) is 75.6 Å². The van der Waals surface area contributed by atoms with E-state index in [1.807, 2.05) is 0 Å². The summed E-state index contributed by atoms with van der Waals surface area (Å²) in [6, 6.07) is 8.40. The third-order valence-electron chi connectivity index (χ3n) is 5.05. The van der Waals surface area contributed by atoms with Gasteiger partial charge in [0.25, 0.3) is 0 Å². The van der Waals surface area contributed by atoms with Crippen LogP contribution in [0, 0.1) is 19.8 Å². The Morgan fingerprint density at radius 2 is 1.84 bits per heavy atom. The number of aryl methyl sites for hydroxylation is 2. The Morgan fingerprint density at radius 3 is 2.47 bits per heavy atom. The Kier molecular flexibility index (Phi) is 3.53. The second kappa shape index (κ2) is 5.16. The van der Waals surface area contributed by atoms with Crippen molar-refractivity contribution in [2.24, 2.45) is 11.7 Å². The van der Waals surface area contributed by atoms with Gasteiger partial charge in [-0.3, -0.25) is 0 Å². The van der Waals surface area contributed by atoms with Crippen LogP contribution >= 0.6 is 0 Å². The maximum Gasteiger partial charge on any atom is 0.0403 e. The van der Waals surface area contributed by atoms with Crippen molar-refractivity contribution in [3.05, 3.63) is 29.3 Å². The fourth-order valence-corrected chi connectivity index (χ4v) is 4.15. The number of nitrogens with two attached hydrogens (primary N) is 1. The largest absolute Gasteiger partial charge is 0.365 e. The summed E-state index contributed by atoms with van der Waals surface area (Å²) >= 11 is 0. The molecule has 2 saturated heterocycles. The lowest BCUT2D eigenvalue weighted by Gasteiger charge is -2.41. The first-order valence-corrected chi connectivity index (χ1v) is 7.74. The minimum atomic E-state index is 0.760. The van der Waals surface area contributed by atoms with E-state index in [0.29, 0.717) is 0 Å². The lowest BCUT2D eigenvalue weighted by molar-refractivity contribution is 0.326. The zero-order valence-corrected chi connectivity index (χ0v) is 12.2. The van der Waals surface area contributed by atoms with E-state index >= 15 is 0 Å². The van der Waals surface area contributed by atoms with Gasteiger partial charge in [-0.25, -0.2) is 0 Å². The number of anilines is 1. The molecule has 2 aliphatic heterocycles. The Morgan fingerprint density at radius 1 is 1.16 bits per heavy atom. The number of rotatable bonds is 3. The van der Waals surface area contributed by atoms with Crippen molar-refractivity contribution >= 4 is 5.69 Å². The summed E-state index contributed by atoms with van der Waals surface area (Å²) in [4.78, 5) is 2.73. The number of benzene rings is 1. The van der Waals surface area contributed by atoms with Gasteiger partial charge >= 0.3 is 0 Å². The van der Waals surface area contributed by atoms with Crippen LogP contribution in [0.5, 0.6) is 0 Å². The van der Waals surface area contributed by atoms with Gasteiger partial charge < -0.3 is 10.6 Å². The summed E-state index contributed by atoms with van der Waals surface area (Å²) in [7, 11) is 0. The third kappa shape index (κ3) is 2.38. The van der Waals surface area contributed by atoms with Crippen LogP contribution in [0.2, 0.25) is 0 Å². The van der Waals surface area contributed by atoms with Crippen LogP contribution in [0.15, 0.2) is 18.2 Å². The molecule has 2 fully saturated rings. The highest BCUT2D eigenvalue weighted by Gasteiger charge is 2.40. The van der Waals surface area contributed by atoms with Crippen LogP contribution in [0.4, 0.5) is 5.69 Å². The second-order valence-corrected chi connectivity index (χ2v) is 6.50. The van der Waals surface area contributed by atoms with Gasteiger partial charge in [0.2, 0.25) is 0 Å². The highest BCUT2D eigenvalue weighted by atomic mass is 15.2. The van der Waals surface area contributed by atoms with E-state index in [0.717, 1.165) is 24.5 Å². The molecule has 0 aliphatic carbocycles. The van der Waals surface area contributed by atoms with Gasteiger partial charge in [-0.2, -0.15) is 0 Å². The maximum absolute atomic E-state index is 5.75.